The molecule has 6 nitrogen and oxygen atoms in total. The highest BCUT2D eigenvalue weighted by Gasteiger charge is 2.27. The van der Waals surface area contributed by atoms with Gasteiger partial charge in [-0.1, -0.05) is 6.92 Å². The first-order valence-corrected chi connectivity index (χ1v) is 10.4. The largest absolute Gasteiger partial charge is 0.336 e. The van der Waals surface area contributed by atoms with Gasteiger partial charge in [-0.15, -0.1) is 16.4 Å². The molecule has 1 atom stereocenters. The third-order valence-corrected chi connectivity index (χ3v) is 6.91. The average molecular weight is 369 g/mol. The summed E-state index contributed by atoms with van der Waals surface area (Å²) in [4.78, 5) is 26.7. The summed E-state index contributed by atoms with van der Waals surface area (Å²) in [5.41, 5.74) is 2.19. The van der Waals surface area contributed by atoms with Crippen molar-refractivity contribution in [3.05, 3.63) is 22.1 Å². The number of piperidine rings is 1. The number of nitrogens with zero attached hydrogens (tertiary/aromatic N) is 5. The Kier molecular flexibility index (Phi) is 3.74. The van der Waals surface area contributed by atoms with E-state index >= 15 is 0 Å². The minimum Gasteiger partial charge on any atom is -0.336 e. The second-order valence-corrected chi connectivity index (χ2v) is 8.80. The van der Waals surface area contributed by atoms with Gasteiger partial charge < -0.3 is 4.90 Å². The van der Waals surface area contributed by atoms with Crippen LogP contribution in [0.15, 0.2) is 0 Å². The number of aryl methyl sites for hydroxylation is 2. The van der Waals surface area contributed by atoms with Gasteiger partial charge in [0.25, 0.3) is 5.91 Å². The Morgan fingerprint density at radius 2 is 2.00 bits per heavy atom. The number of rotatable bonds is 1. The number of hydrogen-bond donors (Lipinski definition) is 0. The van der Waals surface area contributed by atoms with Crippen LogP contribution in [0.1, 0.15) is 59.5 Å². The van der Waals surface area contributed by atoms with Crippen LogP contribution in [-0.2, 0) is 12.8 Å². The maximum absolute atomic E-state index is 12.9. The lowest BCUT2D eigenvalue weighted by molar-refractivity contribution is 0.0712. The Balaban J connectivity index is 1.67. The van der Waals surface area contributed by atoms with Crippen molar-refractivity contribution in [2.75, 3.05) is 13.1 Å². The predicted octanol–water partition coefficient (Wildman–Crippen LogP) is 3.40. The molecule has 1 amide bonds. The monoisotopic (exact) mass is 369 g/mol. The Bertz CT molecular complexity index is 1010. The van der Waals surface area contributed by atoms with Crippen molar-refractivity contribution in [1.29, 1.82) is 0 Å². The number of amides is 1. The van der Waals surface area contributed by atoms with Gasteiger partial charge in [0.15, 0.2) is 5.65 Å². The molecule has 0 spiro atoms. The first kappa shape index (κ1) is 16.2. The Labute approximate surface area is 156 Å². The molecule has 3 aromatic rings. The van der Waals surface area contributed by atoms with Crippen molar-refractivity contribution in [1.82, 2.24) is 24.5 Å². The molecule has 3 aromatic heterocycles. The molecule has 0 N–H and O–H groups in total. The van der Waals surface area contributed by atoms with E-state index in [1.165, 1.54) is 23.3 Å². The minimum atomic E-state index is -0.0431. The summed E-state index contributed by atoms with van der Waals surface area (Å²) >= 11 is 1.79. The van der Waals surface area contributed by atoms with Crippen molar-refractivity contribution in [2.45, 2.75) is 52.4 Å². The lowest BCUT2D eigenvalue weighted by Crippen LogP contribution is -2.36. The van der Waals surface area contributed by atoms with E-state index in [2.05, 4.69) is 12.0 Å². The van der Waals surface area contributed by atoms with Crippen molar-refractivity contribution in [3.8, 4) is 0 Å². The topological polar surface area (TPSA) is 63.4 Å². The quantitative estimate of drug-likeness (QED) is 0.659. The molecule has 4 heterocycles. The van der Waals surface area contributed by atoms with E-state index in [0.29, 0.717) is 11.7 Å². The molecule has 0 aromatic carbocycles. The zero-order valence-corrected chi connectivity index (χ0v) is 16.1. The molecule has 0 saturated carbocycles. The summed E-state index contributed by atoms with van der Waals surface area (Å²) in [6.45, 7) is 5.87. The van der Waals surface area contributed by atoms with Gasteiger partial charge >= 0.3 is 0 Å². The van der Waals surface area contributed by atoms with E-state index in [1.807, 2.05) is 11.8 Å². The number of fused-ring (bicyclic) bond motifs is 5. The van der Waals surface area contributed by atoms with Gasteiger partial charge in [0.2, 0.25) is 5.82 Å². The SMILES string of the molecule is Cc1nc2sc3c(c2c2nc(C(=O)N4CCCCC4)nn12)C[C@H](C)CC3. The number of carbonyl (C=O) groups excluding carboxylic acids is 1. The van der Waals surface area contributed by atoms with Crippen LogP contribution >= 0.6 is 11.3 Å². The molecule has 1 saturated heterocycles. The molecule has 136 valence electrons. The normalized spacial score (nSPS) is 20.7. The molecule has 5 rings (SSSR count). The van der Waals surface area contributed by atoms with E-state index in [4.69, 9.17) is 9.97 Å². The van der Waals surface area contributed by atoms with Crippen LogP contribution in [0.4, 0.5) is 0 Å². The predicted molar refractivity (Wildman–Crippen MR) is 102 cm³/mol. The Morgan fingerprint density at radius 3 is 2.81 bits per heavy atom. The van der Waals surface area contributed by atoms with Crippen LogP contribution in [-0.4, -0.2) is 43.5 Å². The highest BCUT2D eigenvalue weighted by atomic mass is 32.1. The van der Waals surface area contributed by atoms with Crippen molar-refractivity contribution >= 4 is 33.1 Å². The first-order chi connectivity index (χ1) is 12.6. The standard InChI is InChI=1S/C19H23N5OS/c1-11-6-7-14-13(10-11)15-17-21-16(19(25)23-8-4-3-5-9-23)22-24(17)12(2)20-18(15)26-14/h11H,3-10H2,1-2H3/t11-/m1/s1. The second kappa shape index (κ2) is 6.01. The molecule has 1 fully saturated rings. The molecule has 0 radical (unpaired) electrons. The van der Waals surface area contributed by atoms with Crippen LogP contribution in [0.2, 0.25) is 0 Å². The number of carbonyl (C=O) groups is 1. The molecule has 0 bridgehead atoms. The van der Waals surface area contributed by atoms with Crippen LogP contribution in [0.3, 0.4) is 0 Å². The lowest BCUT2D eigenvalue weighted by Gasteiger charge is -2.25. The molecule has 7 heteroatoms. The summed E-state index contributed by atoms with van der Waals surface area (Å²) in [5, 5.41) is 5.66. The summed E-state index contributed by atoms with van der Waals surface area (Å²) in [6, 6.07) is 0. The summed E-state index contributed by atoms with van der Waals surface area (Å²) in [7, 11) is 0. The number of thiophene rings is 1. The second-order valence-electron chi connectivity index (χ2n) is 7.71. The van der Waals surface area contributed by atoms with Crippen molar-refractivity contribution < 1.29 is 4.79 Å². The van der Waals surface area contributed by atoms with E-state index in [-0.39, 0.29) is 5.91 Å². The summed E-state index contributed by atoms with van der Waals surface area (Å²) in [6.07, 6.45) is 6.76. The Hall–Kier alpha value is -2.02. The highest BCUT2D eigenvalue weighted by Crippen LogP contribution is 2.39. The van der Waals surface area contributed by atoms with Crippen LogP contribution < -0.4 is 0 Å². The van der Waals surface area contributed by atoms with Gasteiger partial charge in [-0.25, -0.2) is 9.97 Å². The number of hydrogen-bond acceptors (Lipinski definition) is 5. The van der Waals surface area contributed by atoms with Gasteiger partial charge in [-0.2, -0.15) is 4.52 Å². The number of aromatic nitrogens is 4. The Morgan fingerprint density at radius 1 is 1.19 bits per heavy atom. The van der Waals surface area contributed by atoms with Gasteiger partial charge in [0.1, 0.15) is 10.7 Å². The fraction of sp³-hybridized carbons (Fsp3) is 0.579. The summed E-state index contributed by atoms with van der Waals surface area (Å²) in [5.74, 6) is 1.75. The van der Waals surface area contributed by atoms with Gasteiger partial charge in [0.05, 0.1) is 5.39 Å². The molecule has 26 heavy (non-hydrogen) atoms. The fourth-order valence-electron chi connectivity index (χ4n) is 4.28. The van der Waals surface area contributed by atoms with Crippen LogP contribution in [0.25, 0.3) is 15.9 Å². The van der Waals surface area contributed by atoms with Crippen molar-refractivity contribution in [3.63, 3.8) is 0 Å². The molecule has 1 aliphatic carbocycles. The zero-order chi connectivity index (χ0) is 17.8. The minimum absolute atomic E-state index is 0.0431. The van der Waals surface area contributed by atoms with Crippen LogP contribution in [0, 0.1) is 12.8 Å². The summed E-state index contributed by atoms with van der Waals surface area (Å²) < 4.78 is 1.77. The van der Waals surface area contributed by atoms with Crippen LogP contribution in [0.5, 0.6) is 0 Å². The number of likely N-dealkylation sites (tertiary alicyclic amines) is 1. The third kappa shape index (κ3) is 2.44. The molecule has 0 unspecified atom stereocenters. The average Bonchev–Trinajstić information content (AvgIpc) is 3.23. The van der Waals surface area contributed by atoms with E-state index in [9.17, 15) is 4.79 Å². The zero-order valence-electron chi connectivity index (χ0n) is 15.3. The first-order valence-electron chi connectivity index (χ1n) is 9.58. The fourth-order valence-corrected chi connectivity index (χ4v) is 5.53. The van der Waals surface area contributed by atoms with E-state index < -0.39 is 0 Å². The molecular weight excluding hydrogens is 346 g/mol. The maximum atomic E-state index is 12.9. The smallest absolute Gasteiger partial charge is 0.293 e. The molecule has 1 aliphatic heterocycles. The molecule has 2 aliphatic rings. The lowest BCUT2D eigenvalue weighted by atomic mass is 9.89. The maximum Gasteiger partial charge on any atom is 0.293 e. The van der Waals surface area contributed by atoms with E-state index in [0.717, 1.165) is 60.5 Å². The van der Waals surface area contributed by atoms with Gasteiger partial charge in [-0.3, -0.25) is 4.79 Å². The van der Waals surface area contributed by atoms with Crippen molar-refractivity contribution in [2.24, 2.45) is 5.92 Å². The van der Waals surface area contributed by atoms with Gasteiger partial charge in [-0.05, 0) is 56.9 Å². The molecular formula is C19H23N5OS. The van der Waals surface area contributed by atoms with Gasteiger partial charge in [0, 0.05) is 18.0 Å². The van der Waals surface area contributed by atoms with E-state index in [1.54, 1.807) is 15.9 Å². The highest BCUT2D eigenvalue weighted by molar-refractivity contribution is 7.19. The third-order valence-electron chi connectivity index (χ3n) is 5.72.